The SMILES string of the molecule is CCOCCOc1c(F)cc(CCN)cc1F. The molecule has 0 aliphatic carbocycles. The molecule has 0 radical (unpaired) electrons. The van der Waals surface area contributed by atoms with Gasteiger partial charge in [0, 0.05) is 6.61 Å². The Kier molecular flexibility index (Phi) is 5.86. The predicted octanol–water partition coefficient (Wildman–Crippen LogP) is 1.88. The van der Waals surface area contributed by atoms with Gasteiger partial charge in [-0.15, -0.1) is 0 Å². The monoisotopic (exact) mass is 245 g/mol. The Balaban J connectivity index is 2.65. The van der Waals surface area contributed by atoms with Crippen LogP contribution < -0.4 is 10.5 Å². The van der Waals surface area contributed by atoms with E-state index in [1.807, 2.05) is 6.92 Å². The molecule has 0 unspecified atom stereocenters. The lowest BCUT2D eigenvalue weighted by Gasteiger charge is -2.09. The maximum atomic E-state index is 13.5. The fourth-order valence-electron chi connectivity index (χ4n) is 1.41. The van der Waals surface area contributed by atoms with E-state index in [4.69, 9.17) is 15.2 Å². The summed E-state index contributed by atoms with van der Waals surface area (Å²) >= 11 is 0. The van der Waals surface area contributed by atoms with Crippen LogP contribution in [0.25, 0.3) is 0 Å². The minimum Gasteiger partial charge on any atom is -0.485 e. The summed E-state index contributed by atoms with van der Waals surface area (Å²) < 4.78 is 37.0. The summed E-state index contributed by atoms with van der Waals surface area (Å²) in [4.78, 5) is 0. The van der Waals surface area contributed by atoms with Gasteiger partial charge in [0.2, 0.25) is 0 Å². The van der Waals surface area contributed by atoms with Crippen LogP contribution in [-0.4, -0.2) is 26.4 Å². The third-order valence-electron chi connectivity index (χ3n) is 2.17. The quantitative estimate of drug-likeness (QED) is 0.746. The molecular formula is C12H17F2NO2. The molecule has 0 atom stereocenters. The number of nitrogens with two attached hydrogens (primary N) is 1. The molecule has 0 aliphatic rings. The average molecular weight is 245 g/mol. The molecule has 0 saturated carbocycles. The van der Waals surface area contributed by atoms with E-state index in [1.165, 1.54) is 12.1 Å². The Morgan fingerprint density at radius 1 is 1.18 bits per heavy atom. The van der Waals surface area contributed by atoms with Gasteiger partial charge in [0.1, 0.15) is 6.61 Å². The van der Waals surface area contributed by atoms with E-state index in [2.05, 4.69) is 0 Å². The molecule has 0 fully saturated rings. The van der Waals surface area contributed by atoms with Gasteiger partial charge in [-0.2, -0.15) is 0 Å². The highest BCUT2D eigenvalue weighted by Crippen LogP contribution is 2.23. The molecular weight excluding hydrogens is 228 g/mol. The zero-order valence-corrected chi connectivity index (χ0v) is 9.84. The first-order valence-electron chi connectivity index (χ1n) is 5.57. The van der Waals surface area contributed by atoms with Crippen LogP contribution >= 0.6 is 0 Å². The fraction of sp³-hybridized carbons (Fsp3) is 0.500. The number of benzene rings is 1. The van der Waals surface area contributed by atoms with Gasteiger partial charge >= 0.3 is 0 Å². The summed E-state index contributed by atoms with van der Waals surface area (Å²) in [5.41, 5.74) is 5.85. The van der Waals surface area contributed by atoms with Gasteiger partial charge in [-0.3, -0.25) is 0 Å². The molecule has 17 heavy (non-hydrogen) atoms. The summed E-state index contributed by atoms with van der Waals surface area (Å²) in [6, 6.07) is 2.48. The third kappa shape index (κ3) is 4.28. The van der Waals surface area contributed by atoms with Crippen LogP contribution in [0.15, 0.2) is 12.1 Å². The lowest BCUT2D eigenvalue weighted by molar-refractivity contribution is 0.107. The van der Waals surface area contributed by atoms with Gasteiger partial charge in [-0.1, -0.05) is 0 Å². The van der Waals surface area contributed by atoms with Crippen molar-refractivity contribution in [1.82, 2.24) is 0 Å². The van der Waals surface area contributed by atoms with E-state index in [0.29, 0.717) is 31.7 Å². The lowest BCUT2D eigenvalue weighted by Crippen LogP contribution is -2.09. The maximum absolute atomic E-state index is 13.5. The molecule has 1 rings (SSSR count). The van der Waals surface area contributed by atoms with Crippen molar-refractivity contribution in [2.45, 2.75) is 13.3 Å². The van der Waals surface area contributed by atoms with Gasteiger partial charge in [-0.25, -0.2) is 8.78 Å². The van der Waals surface area contributed by atoms with E-state index < -0.39 is 11.6 Å². The second-order valence-electron chi connectivity index (χ2n) is 3.47. The van der Waals surface area contributed by atoms with Crippen molar-refractivity contribution in [3.8, 4) is 5.75 Å². The molecule has 1 aromatic rings. The van der Waals surface area contributed by atoms with Crippen molar-refractivity contribution in [2.75, 3.05) is 26.4 Å². The Morgan fingerprint density at radius 2 is 1.82 bits per heavy atom. The second-order valence-corrected chi connectivity index (χ2v) is 3.47. The zero-order chi connectivity index (χ0) is 12.7. The molecule has 0 spiro atoms. The minimum absolute atomic E-state index is 0.123. The lowest BCUT2D eigenvalue weighted by atomic mass is 10.1. The van der Waals surface area contributed by atoms with E-state index in [1.54, 1.807) is 0 Å². The first kappa shape index (κ1) is 13.9. The first-order chi connectivity index (χ1) is 8.19. The summed E-state index contributed by atoms with van der Waals surface area (Å²) in [7, 11) is 0. The molecule has 0 aromatic heterocycles. The highest BCUT2D eigenvalue weighted by atomic mass is 19.1. The molecule has 5 heteroatoms. The van der Waals surface area contributed by atoms with Crippen LogP contribution in [-0.2, 0) is 11.2 Å². The maximum Gasteiger partial charge on any atom is 0.190 e. The second kappa shape index (κ2) is 7.19. The minimum atomic E-state index is -0.704. The molecule has 2 N–H and O–H groups in total. The summed E-state index contributed by atoms with van der Waals surface area (Å²) in [6.45, 7) is 3.16. The van der Waals surface area contributed by atoms with Crippen LogP contribution in [0.5, 0.6) is 5.75 Å². The topological polar surface area (TPSA) is 44.5 Å². The van der Waals surface area contributed by atoms with E-state index in [9.17, 15) is 8.78 Å². The van der Waals surface area contributed by atoms with Gasteiger partial charge in [0.25, 0.3) is 0 Å². The van der Waals surface area contributed by atoms with Crippen molar-refractivity contribution in [3.05, 3.63) is 29.3 Å². The number of hydrogen-bond acceptors (Lipinski definition) is 3. The van der Waals surface area contributed by atoms with Crippen molar-refractivity contribution >= 4 is 0 Å². The Bertz CT molecular complexity index is 335. The summed E-state index contributed by atoms with van der Waals surface area (Å²) in [5.74, 6) is -1.76. The molecule has 0 saturated heterocycles. The Hall–Kier alpha value is -1.20. The molecule has 0 heterocycles. The van der Waals surface area contributed by atoms with E-state index in [-0.39, 0.29) is 12.4 Å². The van der Waals surface area contributed by atoms with Crippen LogP contribution in [0.1, 0.15) is 12.5 Å². The number of halogens is 2. The Labute approximate surface area is 99.5 Å². The van der Waals surface area contributed by atoms with Crippen LogP contribution in [0, 0.1) is 11.6 Å². The highest BCUT2D eigenvalue weighted by molar-refractivity contribution is 5.31. The first-order valence-corrected chi connectivity index (χ1v) is 5.57. The van der Waals surface area contributed by atoms with E-state index >= 15 is 0 Å². The normalized spacial score (nSPS) is 10.6. The standard InChI is InChI=1S/C12H17F2NO2/c1-2-16-5-6-17-12-10(13)7-9(3-4-15)8-11(12)14/h7-8H,2-6,15H2,1H3. The third-order valence-corrected chi connectivity index (χ3v) is 2.17. The van der Waals surface area contributed by atoms with Crippen molar-refractivity contribution < 1.29 is 18.3 Å². The molecule has 0 aliphatic heterocycles. The van der Waals surface area contributed by atoms with Gasteiger partial charge in [0.05, 0.1) is 6.61 Å². The summed E-state index contributed by atoms with van der Waals surface area (Å²) in [6.07, 6.45) is 0.438. The molecule has 0 amide bonds. The van der Waals surface area contributed by atoms with E-state index in [0.717, 1.165) is 0 Å². The van der Waals surface area contributed by atoms with Crippen molar-refractivity contribution in [3.63, 3.8) is 0 Å². The fourth-order valence-corrected chi connectivity index (χ4v) is 1.41. The van der Waals surface area contributed by atoms with Gasteiger partial charge in [-0.05, 0) is 37.6 Å². The zero-order valence-electron chi connectivity index (χ0n) is 9.84. The largest absolute Gasteiger partial charge is 0.485 e. The predicted molar refractivity (Wildman–Crippen MR) is 61.1 cm³/mol. The van der Waals surface area contributed by atoms with Crippen molar-refractivity contribution in [2.24, 2.45) is 5.73 Å². The van der Waals surface area contributed by atoms with Crippen LogP contribution in [0.4, 0.5) is 8.78 Å². The van der Waals surface area contributed by atoms with Crippen LogP contribution in [0.2, 0.25) is 0 Å². The highest BCUT2D eigenvalue weighted by Gasteiger charge is 2.12. The summed E-state index contributed by atoms with van der Waals surface area (Å²) in [5, 5.41) is 0. The molecule has 0 bridgehead atoms. The number of rotatable bonds is 7. The molecule has 3 nitrogen and oxygen atoms in total. The Morgan fingerprint density at radius 3 is 2.35 bits per heavy atom. The average Bonchev–Trinajstić information content (AvgIpc) is 2.27. The molecule has 96 valence electrons. The van der Waals surface area contributed by atoms with Gasteiger partial charge < -0.3 is 15.2 Å². The van der Waals surface area contributed by atoms with Crippen molar-refractivity contribution in [1.29, 1.82) is 0 Å². The smallest absolute Gasteiger partial charge is 0.190 e. The number of ether oxygens (including phenoxy) is 2. The number of hydrogen-bond donors (Lipinski definition) is 1. The van der Waals surface area contributed by atoms with Crippen LogP contribution in [0.3, 0.4) is 0 Å². The molecule has 1 aromatic carbocycles. The van der Waals surface area contributed by atoms with Gasteiger partial charge in [0.15, 0.2) is 17.4 Å².